The molecule has 0 saturated carbocycles. The van der Waals surface area contributed by atoms with Gasteiger partial charge in [-0.1, -0.05) is 29.8 Å². The van der Waals surface area contributed by atoms with Crippen molar-refractivity contribution in [2.24, 2.45) is 0 Å². The molecule has 44 heavy (non-hydrogen) atoms. The number of fused-ring (bicyclic) bond motifs is 2. The molecule has 0 spiro atoms. The third-order valence-corrected chi connectivity index (χ3v) is 8.66. The number of ether oxygens (including phenoxy) is 1. The van der Waals surface area contributed by atoms with Gasteiger partial charge >= 0.3 is 5.97 Å². The van der Waals surface area contributed by atoms with E-state index in [1.807, 2.05) is 101 Å². The third kappa shape index (κ3) is 5.88. The van der Waals surface area contributed by atoms with Gasteiger partial charge in [-0.15, -0.1) is 11.3 Å². The van der Waals surface area contributed by atoms with Gasteiger partial charge in [-0.3, -0.25) is 4.98 Å². The first-order valence-corrected chi connectivity index (χ1v) is 15.4. The fourth-order valence-electron chi connectivity index (χ4n) is 5.31. The summed E-state index contributed by atoms with van der Waals surface area (Å²) in [4.78, 5) is 27.0. The lowest BCUT2D eigenvalue weighted by atomic mass is 9.91. The molecule has 0 aliphatic rings. The standard InChI is InChI=1S/C35H31ClN4O3S/c1-19-16-27-32(30(20-6-10-24(36)11-7-20)29(19)31(34(41)42)43-35(2,3)4)44-33(40-27)23-14-15-38-26(18-23)22-8-12-25-21(17-22)9-13-28(37-5)39-25/h6-18,31H,1-5H3,(H,37,39)(H,41,42)/t31-/m0/s1. The molecule has 2 N–H and O–H groups in total. The lowest BCUT2D eigenvalue weighted by molar-refractivity contribution is -0.160. The Hall–Kier alpha value is -4.37. The van der Waals surface area contributed by atoms with Gasteiger partial charge in [0.25, 0.3) is 0 Å². The number of carboxylic acids is 1. The molecule has 6 aromatic rings. The minimum absolute atomic E-state index is 0.598. The van der Waals surface area contributed by atoms with Crippen LogP contribution in [-0.4, -0.2) is 38.7 Å². The summed E-state index contributed by atoms with van der Waals surface area (Å²) in [6.45, 7) is 7.48. The Morgan fingerprint density at radius 3 is 2.39 bits per heavy atom. The zero-order valence-electron chi connectivity index (χ0n) is 25.0. The highest BCUT2D eigenvalue weighted by Gasteiger charge is 2.32. The molecule has 0 aliphatic heterocycles. The Balaban J connectivity index is 1.50. The predicted molar refractivity (Wildman–Crippen MR) is 180 cm³/mol. The first-order chi connectivity index (χ1) is 21.0. The van der Waals surface area contributed by atoms with Crippen LogP contribution in [0, 0.1) is 6.92 Å². The monoisotopic (exact) mass is 622 g/mol. The van der Waals surface area contributed by atoms with Crippen molar-refractivity contribution in [3.63, 3.8) is 0 Å². The molecule has 0 aliphatic carbocycles. The van der Waals surface area contributed by atoms with Gasteiger partial charge in [0.15, 0.2) is 6.10 Å². The largest absolute Gasteiger partial charge is 0.479 e. The molecule has 6 rings (SSSR count). The smallest absolute Gasteiger partial charge is 0.337 e. The maximum Gasteiger partial charge on any atom is 0.337 e. The molecule has 0 unspecified atom stereocenters. The molecule has 0 fully saturated rings. The van der Waals surface area contributed by atoms with Crippen molar-refractivity contribution in [1.82, 2.24) is 15.0 Å². The Labute approximate surface area is 264 Å². The van der Waals surface area contributed by atoms with Crippen LogP contribution in [-0.2, 0) is 9.53 Å². The van der Waals surface area contributed by atoms with Crippen molar-refractivity contribution < 1.29 is 14.6 Å². The molecule has 1 atom stereocenters. The zero-order chi connectivity index (χ0) is 31.2. The van der Waals surface area contributed by atoms with E-state index in [1.165, 1.54) is 11.3 Å². The number of halogens is 1. The van der Waals surface area contributed by atoms with Crippen LogP contribution in [0.4, 0.5) is 5.82 Å². The summed E-state index contributed by atoms with van der Waals surface area (Å²) in [5.41, 5.74) is 6.75. The van der Waals surface area contributed by atoms with E-state index < -0.39 is 17.7 Å². The SMILES string of the molecule is CNc1ccc2cc(-c3cc(-c4nc5cc(C)c([C@H](OC(C)(C)C)C(=O)O)c(-c6ccc(Cl)cc6)c5s4)ccn3)ccc2n1. The number of aliphatic carboxylic acids is 1. The molecule has 0 saturated heterocycles. The molecule has 7 nitrogen and oxygen atoms in total. The highest BCUT2D eigenvalue weighted by molar-refractivity contribution is 7.22. The van der Waals surface area contributed by atoms with Crippen LogP contribution in [0.1, 0.15) is 38.0 Å². The van der Waals surface area contributed by atoms with Gasteiger partial charge in [0.05, 0.1) is 27.0 Å². The Morgan fingerprint density at radius 2 is 1.68 bits per heavy atom. The van der Waals surface area contributed by atoms with Gasteiger partial charge < -0.3 is 15.2 Å². The van der Waals surface area contributed by atoms with Crippen LogP contribution in [0.3, 0.4) is 0 Å². The summed E-state index contributed by atoms with van der Waals surface area (Å²) >= 11 is 7.76. The lowest BCUT2D eigenvalue weighted by Gasteiger charge is -2.28. The molecule has 0 amide bonds. The molecule has 3 heterocycles. The number of hydrogen-bond donors (Lipinski definition) is 2. The number of aryl methyl sites for hydroxylation is 1. The molecular formula is C35H31ClN4O3S. The number of nitrogens with zero attached hydrogens (tertiary/aromatic N) is 3. The average Bonchev–Trinajstić information content (AvgIpc) is 3.42. The van der Waals surface area contributed by atoms with Crippen LogP contribution in [0.2, 0.25) is 5.02 Å². The van der Waals surface area contributed by atoms with E-state index in [2.05, 4.69) is 21.4 Å². The van der Waals surface area contributed by atoms with Gasteiger partial charge in [-0.25, -0.2) is 14.8 Å². The second-order valence-corrected chi connectivity index (χ2v) is 13.0. The first-order valence-electron chi connectivity index (χ1n) is 14.2. The van der Waals surface area contributed by atoms with Crippen molar-refractivity contribution in [3.8, 4) is 33.0 Å². The van der Waals surface area contributed by atoms with E-state index in [0.717, 1.165) is 65.5 Å². The number of rotatable bonds is 7. The Morgan fingerprint density at radius 1 is 0.932 bits per heavy atom. The fourth-order valence-corrected chi connectivity index (χ4v) is 6.55. The zero-order valence-corrected chi connectivity index (χ0v) is 26.5. The number of carbonyl (C=O) groups is 1. The van der Waals surface area contributed by atoms with Gasteiger partial charge in [-0.2, -0.15) is 0 Å². The Kier molecular flexibility index (Phi) is 7.84. The normalized spacial score (nSPS) is 12.5. The molecular weight excluding hydrogens is 592 g/mol. The summed E-state index contributed by atoms with van der Waals surface area (Å²) in [7, 11) is 1.85. The number of carboxylic acid groups (broad SMARTS) is 1. The lowest BCUT2D eigenvalue weighted by Crippen LogP contribution is -2.28. The molecule has 3 aromatic carbocycles. The average molecular weight is 623 g/mol. The van der Waals surface area contributed by atoms with Crippen molar-refractivity contribution >= 4 is 55.8 Å². The van der Waals surface area contributed by atoms with Gasteiger partial charge in [0.2, 0.25) is 0 Å². The van der Waals surface area contributed by atoms with Crippen LogP contribution in [0.25, 0.3) is 54.1 Å². The number of hydrogen-bond acceptors (Lipinski definition) is 7. The summed E-state index contributed by atoms with van der Waals surface area (Å²) in [6, 6.07) is 23.5. The van der Waals surface area contributed by atoms with Crippen LogP contribution < -0.4 is 5.32 Å². The predicted octanol–water partition coefficient (Wildman–Crippen LogP) is 9.18. The number of thiazole rings is 1. The highest BCUT2D eigenvalue weighted by atomic mass is 35.5. The molecule has 0 radical (unpaired) electrons. The van der Waals surface area contributed by atoms with E-state index in [0.29, 0.717) is 10.6 Å². The van der Waals surface area contributed by atoms with Gasteiger partial charge in [-0.05, 0) is 93.4 Å². The minimum atomic E-state index is -1.17. The van der Waals surface area contributed by atoms with E-state index >= 15 is 0 Å². The van der Waals surface area contributed by atoms with Gasteiger partial charge in [0, 0.05) is 45.9 Å². The number of nitrogens with one attached hydrogen (secondary N) is 1. The molecule has 9 heteroatoms. The van der Waals surface area contributed by atoms with E-state index in [4.69, 9.17) is 21.3 Å². The second kappa shape index (κ2) is 11.6. The molecule has 222 valence electrons. The van der Waals surface area contributed by atoms with E-state index in [-0.39, 0.29) is 0 Å². The van der Waals surface area contributed by atoms with Crippen LogP contribution >= 0.6 is 22.9 Å². The topological polar surface area (TPSA) is 97.2 Å². The summed E-state index contributed by atoms with van der Waals surface area (Å²) < 4.78 is 7.02. The maximum atomic E-state index is 12.6. The minimum Gasteiger partial charge on any atom is -0.479 e. The summed E-state index contributed by atoms with van der Waals surface area (Å²) in [5.74, 6) is -0.230. The molecule has 3 aromatic heterocycles. The van der Waals surface area contributed by atoms with E-state index in [9.17, 15) is 9.90 Å². The fraction of sp³-hybridized carbons (Fsp3) is 0.200. The number of aromatic nitrogens is 3. The van der Waals surface area contributed by atoms with Crippen molar-refractivity contribution in [1.29, 1.82) is 0 Å². The maximum absolute atomic E-state index is 12.6. The van der Waals surface area contributed by atoms with E-state index in [1.54, 1.807) is 6.20 Å². The number of benzene rings is 3. The molecule has 0 bridgehead atoms. The Bertz CT molecular complexity index is 2030. The number of pyridine rings is 2. The number of anilines is 1. The van der Waals surface area contributed by atoms with Crippen molar-refractivity contribution in [2.75, 3.05) is 12.4 Å². The van der Waals surface area contributed by atoms with Crippen molar-refractivity contribution in [2.45, 2.75) is 39.4 Å². The third-order valence-electron chi connectivity index (χ3n) is 7.27. The quantitative estimate of drug-likeness (QED) is 0.183. The summed E-state index contributed by atoms with van der Waals surface area (Å²) in [5, 5.41) is 15.8. The highest BCUT2D eigenvalue weighted by Crippen LogP contribution is 2.44. The summed E-state index contributed by atoms with van der Waals surface area (Å²) in [6.07, 6.45) is 0.618. The second-order valence-electron chi connectivity index (χ2n) is 11.6. The van der Waals surface area contributed by atoms with Gasteiger partial charge in [0.1, 0.15) is 10.8 Å². The first kappa shape index (κ1) is 29.7. The van der Waals surface area contributed by atoms with Crippen LogP contribution in [0.5, 0.6) is 0 Å². The van der Waals surface area contributed by atoms with Crippen molar-refractivity contribution in [3.05, 3.63) is 95.1 Å². The van der Waals surface area contributed by atoms with Crippen LogP contribution in [0.15, 0.2) is 79.0 Å².